The molecule has 2 fully saturated rings. The van der Waals surface area contributed by atoms with E-state index in [9.17, 15) is 4.79 Å². The van der Waals surface area contributed by atoms with Gasteiger partial charge >= 0.3 is 0 Å². The van der Waals surface area contributed by atoms with Crippen LogP contribution in [0.25, 0.3) is 0 Å². The normalized spacial score (nSPS) is 29.4. The Morgan fingerprint density at radius 3 is 3.00 bits per heavy atom. The summed E-state index contributed by atoms with van der Waals surface area (Å²) in [7, 11) is 3.63. The standard InChI is InChI=1S/C15H21N3O2/c1-17(2)15(19)13-7-12-9-18(10-14(13)20-12)8-11-5-3-4-6-16-11/h3-6,12-14H,7-10H2,1-2H3/t12-,13+,14-/m0/s1. The zero-order valence-corrected chi connectivity index (χ0v) is 12.0. The first-order valence-corrected chi connectivity index (χ1v) is 7.12. The highest BCUT2D eigenvalue weighted by atomic mass is 16.5. The van der Waals surface area contributed by atoms with Crippen molar-refractivity contribution in [3.05, 3.63) is 30.1 Å². The van der Waals surface area contributed by atoms with Crippen molar-refractivity contribution in [2.45, 2.75) is 25.2 Å². The van der Waals surface area contributed by atoms with Gasteiger partial charge in [-0.2, -0.15) is 0 Å². The lowest BCUT2D eigenvalue weighted by atomic mass is 9.99. The van der Waals surface area contributed by atoms with E-state index in [1.54, 1.807) is 4.90 Å². The SMILES string of the molecule is CN(C)C(=O)[C@@H]1C[C@H]2CN(Cc3ccccn3)C[C@@H]1O2. The van der Waals surface area contributed by atoms with E-state index >= 15 is 0 Å². The lowest BCUT2D eigenvalue weighted by molar-refractivity contribution is -0.136. The van der Waals surface area contributed by atoms with Crippen molar-refractivity contribution in [1.82, 2.24) is 14.8 Å². The molecule has 108 valence electrons. The monoisotopic (exact) mass is 275 g/mol. The van der Waals surface area contributed by atoms with E-state index < -0.39 is 0 Å². The van der Waals surface area contributed by atoms with Crippen LogP contribution in [-0.2, 0) is 16.1 Å². The summed E-state index contributed by atoms with van der Waals surface area (Å²) in [6.45, 7) is 2.54. The Morgan fingerprint density at radius 1 is 1.45 bits per heavy atom. The zero-order chi connectivity index (χ0) is 14.1. The highest BCUT2D eigenvalue weighted by Crippen LogP contribution is 2.33. The molecule has 3 atom stereocenters. The molecule has 2 aliphatic rings. The highest BCUT2D eigenvalue weighted by Gasteiger charge is 2.44. The Bertz CT molecular complexity index is 477. The predicted octanol–water partition coefficient (Wildman–Crippen LogP) is 0.759. The van der Waals surface area contributed by atoms with Crippen LogP contribution in [0.1, 0.15) is 12.1 Å². The van der Waals surface area contributed by atoms with Crippen molar-refractivity contribution in [3.8, 4) is 0 Å². The number of amides is 1. The van der Waals surface area contributed by atoms with Gasteiger partial charge in [0.05, 0.1) is 23.8 Å². The second-order valence-electron chi connectivity index (χ2n) is 5.89. The Hall–Kier alpha value is -1.46. The number of fused-ring (bicyclic) bond motifs is 2. The van der Waals surface area contributed by atoms with E-state index in [2.05, 4.69) is 9.88 Å². The van der Waals surface area contributed by atoms with Crippen molar-refractivity contribution in [1.29, 1.82) is 0 Å². The Kier molecular flexibility index (Phi) is 3.72. The molecule has 1 aromatic heterocycles. The summed E-state index contributed by atoms with van der Waals surface area (Å²) in [6, 6.07) is 5.98. The summed E-state index contributed by atoms with van der Waals surface area (Å²) in [4.78, 5) is 20.6. The number of hydrogen-bond acceptors (Lipinski definition) is 4. The second kappa shape index (κ2) is 5.50. The smallest absolute Gasteiger partial charge is 0.227 e. The molecule has 0 saturated carbocycles. The van der Waals surface area contributed by atoms with Crippen LogP contribution in [0.3, 0.4) is 0 Å². The summed E-state index contributed by atoms with van der Waals surface area (Å²) in [6.07, 6.45) is 2.89. The van der Waals surface area contributed by atoms with E-state index in [-0.39, 0.29) is 24.0 Å². The third kappa shape index (κ3) is 2.69. The third-order valence-corrected chi connectivity index (χ3v) is 4.10. The van der Waals surface area contributed by atoms with Crippen molar-refractivity contribution >= 4 is 5.91 Å². The molecule has 5 heteroatoms. The fourth-order valence-corrected chi connectivity index (χ4v) is 3.18. The summed E-state index contributed by atoms with van der Waals surface area (Å²) in [5.74, 6) is 0.209. The van der Waals surface area contributed by atoms with Crippen molar-refractivity contribution in [2.75, 3.05) is 27.2 Å². The van der Waals surface area contributed by atoms with Gasteiger partial charge in [-0.25, -0.2) is 0 Å². The van der Waals surface area contributed by atoms with Gasteiger partial charge in [0.2, 0.25) is 5.91 Å². The summed E-state index contributed by atoms with van der Waals surface area (Å²) in [5.41, 5.74) is 1.07. The minimum atomic E-state index is 0.0173. The number of hydrogen-bond donors (Lipinski definition) is 0. The molecule has 0 spiro atoms. The predicted molar refractivity (Wildman–Crippen MR) is 75.0 cm³/mol. The molecule has 1 amide bonds. The van der Waals surface area contributed by atoms with E-state index in [1.165, 1.54) is 0 Å². The molecule has 0 radical (unpaired) electrons. The van der Waals surface area contributed by atoms with Crippen LogP contribution in [0.4, 0.5) is 0 Å². The minimum Gasteiger partial charge on any atom is -0.371 e. The van der Waals surface area contributed by atoms with E-state index in [0.29, 0.717) is 0 Å². The maximum absolute atomic E-state index is 12.2. The van der Waals surface area contributed by atoms with Gasteiger partial charge in [-0.3, -0.25) is 14.7 Å². The van der Waals surface area contributed by atoms with E-state index in [1.807, 2.05) is 38.5 Å². The van der Waals surface area contributed by atoms with Crippen LogP contribution in [0.2, 0.25) is 0 Å². The molecule has 5 nitrogen and oxygen atoms in total. The number of aromatic nitrogens is 1. The van der Waals surface area contributed by atoms with Crippen LogP contribution in [0.5, 0.6) is 0 Å². The lowest BCUT2D eigenvalue weighted by Crippen LogP contribution is -2.44. The Balaban J connectivity index is 1.65. The number of morpholine rings is 1. The van der Waals surface area contributed by atoms with Gasteiger partial charge in [0.15, 0.2) is 0 Å². The van der Waals surface area contributed by atoms with E-state index in [0.717, 1.165) is 31.7 Å². The Morgan fingerprint density at radius 2 is 2.30 bits per heavy atom. The quantitative estimate of drug-likeness (QED) is 0.817. The third-order valence-electron chi connectivity index (χ3n) is 4.10. The number of carbonyl (C=O) groups is 1. The first kappa shape index (κ1) is 13.5. The number of likely N-dealkylation sites (tertiary alicyclic amines) is 1. The van der Waals surface area contributed by atoms with Crippen molar-refractivity contribution in [3.63, 3.8) is 0 Å². The molecule has 1 aromatic rings. The number of ether oxygens (including phenoxy) is 1. The van der Waals surface area contributed by atoms with Gasteiger partial charge in [0.25, 0.3) is 0 Å². The van der Waals surface area contributed by atoms with Crippen LogP contribution in [0, 0.1) is 5.92 Å². The van der Waals surface area contributed by atoms with Crippen molar-refractivity contribution < 1.29 is 9.53 Å². The van der Waals surface area contributed by atoms with Crippen LogP contribution >= 0.6 is 0 Å². The summed E-state index contributed by atoms with van der Waals surface area (Å²) in [5, 5.41) is 0. The zero-order valence-electron chi connectivity index (χ0n) is 12.0. The average molecular weight is 275 g/mol. The van der Waals surface area contributed by atoms with Gasteiger partial charge in [-0.15, -0.1) is 0 Å². The van der Waals surface area contributed by atoms with Gasteiger partial charge in [0.1, 0.15) is 0 Å². The molecule has 0 aromatic carbocycles. The molecule has 0 aliphatic carbocycles. The van der Waals surface area contributed by atoms with Crippen molar-refractivity contribution in [2.24, 2.45) is 5.92 Å². The molecule has 2 aliphatic heterocycles. The molecular weight excluding hydrogens is 254 g/mol. The molecule has 3 rings (SSSR count). The Labute approximate surface area is 119 Å². The number of rotatable bonds is 3. The average Bonchev–Trinajstić information content (AvgIpc) is 2.74. The van der Waals surface area contributed by atoms with Gasteiger partial charge in [-0.05, 0) is 18.6 Å². The minimum absolute atomic E-state index is 0.0173. The first-order chi connectivity index (χ1) is 9.63. The van der Waals surface area contributed by atoms with Gasteiger partial charge in [0, 0.05) is 39.9 Å². The largest absolute Gasteiger partial charge is 0.371 e. The topological polar surface area (TPSA) is 45.7 Å². The number of pyridine rings is 1. The van der Waals surface area contributed by atoms with Crippen LogP contribution in [-0.4, -0.2) is 60.1 Å². The fourth-order valence-electron chi connectivity index (χ4n) is 3.18. The van der Waals surface area contributed by atoms with E-state index in [4.69, 9.17) is 4.74 Å². The number of carbonyl (C=O) groups excluding carboxylic acids is 1. The highest BCUT2D eigenvalue weighted by molar-refractivity contribution is 5.79. The maximum atomic E-state index is 12.2. The molecule has 2 saturated heterocycles. The maximum Gasteiger partial charge on any atom is 0.227 e. The molecule has 20 heavy (non-hydrogen) atoms. The summed E-state index contributed by atoms with van der Waals surface area (Å²) >= 11 is 0. The molecule has 2 bridgehead atoms. The fraction of sp³-hybridized carbons (Fsp3) is 0.600. The van der Waals surface area contributed by atoms with Gasteiger partial charge in [-0.1, -0.05) is 6.07 Å². The van der Waals surface area contributed by atoms with Crippen LogP contribution in [0.15, 0.2) is 24.4 Å². The first-order valence-electron chi connectivity index (χ1n) is 7.12. The van der Waals surface area contributed by atoms with Crippen LogP contribution < -0.4 is 0 Å². The summed E-state index contributed by atoms with van der Waals surface area (Å²) < 4.78 is 5.94. The molecular formula is C15H21N3O2. The van der Waals surface area contributed by atoms with Gasteiger partial charge < -0.3 is 9.64 Å². The lowest BCUT2D eigenvalue weighted by Gasteiger charge is -2.32. The molecule has 3 heterocycles. The molecule has 0 N–H and O–H groups in total. The second-order valence-corrected chi connectivity index (χ2v) is 5.89. The molecule has 0 unspecified atom stereocenters. The number of nitrogens with zero attached hydrogens (tertiary/aromatic N) is 3.